The van der Waals surface area contributed by atoms with E-state index in [1.54, 1.807) is 12.1 Å². The Labute approximate surface area is 253 Å². The van der Waals surface area contributed by atoms with Gasteiger partial charge in [0.1, 0.15) is 6.04 Å². The van der Waals surface area contributed by atoms with Crippen LogP contribution in [-0.4, -0.2) is 60.0 Å². The second kappa shape index (κ2) is 11.3. The Kier molecular flexibility index (Phi) is 7.32. The van der Waals surface area contributed by atoms with Crippen LogP contribution in [-0.2, 0) is 26.0 Å². The number of benzene rings is 2. The molecule has 0 spiro atoms. The fourth-order valence-corrected chi connectivity index (χ4v) is 7.80. The summed E-state index contributed by atoms with van der Waals surface area (Å²) in [7, 11) is -3.55. The molecule has 0 radical (unpaired) electrons. The zero-order valence-corrected chi connectivity index (χ0v) is 25.0. The van der Waals surface area contributed by atoms with Gasteiger partial charge in [-0.15, -0.1) is 11.3 Å². The fraction of sp³-hybridized carbons (Fsp3) is 0.312. The van der Waals surface area contributed by atoms with Gasteiger partial charge in [-0.1, -0.05) is 30.7 Å². The average molecular weight is 615 g/mol. The third-order valence-electron chi connectivity index (χ3n) is 8.52. The van der Waals surface area contributed by atoms with E-state index < -0.39 is 15.9 Å². The highest BCUT2D eigenvalue weighted by atomic mass is 32.2. The van der Waals surface area contributed by atoms with Crippen LogP contribution in [0.4, 0.5) is 5.13 Å². The van der Waals surface area contributed by atoms with E-state index in [0.717, 1.165) is 28.1 Å². The maximum absolute atomic E-state index is 13.3. The fourth-order valence-electron chi connectivity index (χ4n) is 5.69. The molecule has 3 aliphatic rings. The van der Waals surface area contributed by atoms with Crippen molar-refractivity contribution < 1.29 is 22.7 Å². The van der Waals surface area contributed by atoms with Gasteiger partial charge in [-0.25, -0.2) is 13.4 Å². The second-order valence-corrected chi connectivity index (χ2v) is 14.1. The number of anilines is 1. The minimum absolute atomic E-state index is 0.116. The molecule has 1 saturated carbocycles. The molecule has 4 aromatic rings. The van der Waals surface area contributed by atoms with E-state index in [0.29, 0.717) is 29.6 Å². The number of amides is 2. The number of thiazole rings is 1. The molecular formula is C32H30N4O5S2. The van der Waals surface area contributed by atoms with Crippen LogP contribution in [0.2, 0.25) is 0 Å². The molecule has 2 amide bonds. The van der Waals surface area contributed by atoms with Gasteiger partial charge in [-0.05, 0) is 66.3 Å². The van der Waals surface area contributed by atoms with E-state index in [1.165, 1.54) is 41.6 Å². The zero-order valence-electron chi connectivity index (χ0n) is 23.4. The predicted octanol–water partition coefficient (Wildman–Crippen LogP) is 5.30. The molecule has 1 N–H and O–H groups in total. The maximum atomic E-state index is 13.3. The van der Waals surface area contributed by atoms with Crippen LogP contribution in [0.5, 0.6) is 0 Å². The Morgan fingerprint density at radius 2 is 1.84 bits per heavy atom. The zero-order chi connectivity index (χ0) is 29.6. The molecule has 43 heavy (non-hydrogen) atoms. The predicted molar refractivity (Wildman–Crippen MR) is 164 cm³/mol. The van der Waals surface area contributed by atoms with Gasteiger partial charge in [0.15, 0.2) is 15.0 Å². The van der Waals surface area contributed by atoms with Crippen LogP contribution >= 0.6 is 11.3 Å². The van der Waals surface area contributed by atoms with Crippen molar-refractivity contribution in [1.82, 2.24) is 14.9 Å². The third-order valence-corrected chi connectivity index (χ3v) is 11.0. The van der Waals surface area contributed by atoms with Crippen molar-refractivity contribution in [3.05, 3.63) is 83.0 Å². The molecule has 0 unspecified atom stereocenters. The van der Waals surface area contributed by atoms with Crippen LogP contribution in [0.1, 0.15) is 53.2 Å². The third kappa shape index (κ3) is 5.48. The lowest BCUT2D eigenvalue weighted by atomic mass is 9.82. The van der Waals surface area contributed by atoms with Crippen LogP contribution < -0.4 is 5.32 Å². The Bertz CT molecular complexity index is 1830. The molecule has 4 heterocycles. The van der Waals surface area contributed by atoms with E-state index in [2.05, 4.69) is 33.5 Å². The topological polar surface area (TPSA) is 119 Å². The van der Waals surface area contributed by atoms with Crippen molar-refractivity contribution in [1.29, 1.82) is 0 Å². The number of rotatable bonds is 6. The lowest BCUT2D eigenvalue weighted by molar-refractivity contribution is -0.123. The number of likely N-dealkylation sites (tertiary alicyclic amines) is 1. The van der Waals surface area contributed by atoms with Crippen molar-refractivity contribution in [3.8, 4) is 22.4 Å². The summed E-state index contributed by atoms with van der Waals surface area (Å²) in [6.45, 7) is 0.713. The lowest BCUT2D eigenvalue weighted by Gasteiger charge is -2.39. The monoisotopic (exact) mass is 614 g/mol. The smallest absolute Gasteiger partial charge is 0.254 e. The van der Waals surface area contributed by atoms with Gasteiger partial charge in [0.2, 0.25) is 5.91 Å². The Hall–Kier alpha value is -3.93. The number of nitrogens with one attached hydrogen (secondary N) is 1. The summed E-state index contributed by atoms with van der Waals surface area (Å²) in [5, 5.41) is 5.24. The van der Waals surface area contributed by atoms with E-state index in [-0.39, 0.29) is 41.2 Å². The van der Waals surface area contributed by atoms with Crippen LogP contribution in [0.15, 0.2) is 71.1 Å². The van der Waals surface area contributed by atoms with Gasteiger partial charge in [-0.3, -0.25) is 14.6 Å². The van der Waals surface area contributed by atoms with Crippen molar-refractivity contribution in [2.24, 2.45) is 0 Å². The summed E-state index contributed by atoms with van der Waals surface area (Å²) in [6, 6.07) is 16.4. The van der Waals surface area contributed by atoms with Crippen molar-refractivity contribution in [2.75, 3.05) is 24.2 Å². The number of pyridine rings is 1. The van der Waals surface area contributed by atoms with Crippen LogP contribution in [0.3, 0.4) is 0 Å². The number of sulfone groups is 1. The molecule has 2 aromatic heterocycles. The van der Waals surface area contributed by atoms with Gasteiger partial charge in [0, 0.05) is 40.9 Å². The number of nitrogens with zero attached hydrogens (tertiary/aromatic N) is 3. The summed E-state index contributed by atoms with van der Waals surface area (Å²) in [4.78, 5) is 37.3. The highest BCUT2D eigenvalue weighted by molar-refractivity contribution is 7.91. The lowest BCUT2D eigenvalue weighted by Crippen LogP contribution is -2.56. The standard InChI is InChI=1S/C32H30N4O5S2/c37-30(28-10-12-36(28)31(38)24-7-8-25-18-41-13-14-43(39,40)29(25)17-24)35-32-34-27(19-42-32)23-6-2-5-21(15-23)22-9-11-33-26(16-22)20-3-1-4-20/h2,5-9,11,15-17,19-20,28H,1,3-4,10,12-14,18H2,(H,34,35,37)/t28-/m0/s1. The first-order valence-corrected chi connectivity index (χ1v) is 17.0. The summed E-state index contributed by atoms with van der Waals surface area (Å²) in [6.07, 6.45) is 6.06. The number of aromatic nitrogens is 2. The minimum atomic E-state index is -3.55. The average Bonchev–Trinajstić information content (AvgIpc) is 3.36. The second-order valence-electron chi connectivity index (χ2n) is 11.2. The molecule has 220 valence electrons. The Morgan fingerprint density at radius 3 is 2.63 bits per heavy atom. The molecule has 7 rings (SSSR count). The normalized spacial score (nSPS) is 19.4. The largest absolute Gasteiger partial charge is 0.376 e. The van der Waals surface area contributed by atoms with E-state index >= 15 is 0 Å². The molecule has 2 aliphatic heterocycles. The molecular weight excluding hydrogens is 585 g/mol. The first-order chi connectivity index (χ1) is 20.9. The first-order valence-electron chi connectivity index (χ1n) is 14.4. The van der Waals surface area contributed by atoms with Crippen LogP contribution in [0.25, 0.3) is 22.4 Å². The number of fused-ring (bicyclic) bond motifs is 1. The number of carbonyl (C=O) groups is 2. The summed E-state index contributed by atoms with van der Waals surface area (Å²) < 4.78 is 30.7. The van der Waals surface area contributed by atoms with Gasteiger partial charge in [-0.2, -0.15) is 0 Å². The molecule has 1 aliphatic carbocycles. The maximum Gasteiger partial charge on any atom is 0.254 e. The van der Waals surface area contributed by atoms with Gasteiger partial charge in [0.25, 0.3) is 5.91 Å². The molecule has 9 nitrogen and oxygen atoms in total. The molecule has 2 aromatic carbocycles. The van der Waals surface area contributed by atoms with Crippen molar-refractivity contribution in [2.45, 2.75) is 49.1 Å². The van der Waals surface area contributed by atoms with Crippen molar-refractivity contribution >= 4 is 38.1 Å². The van der Waals surface area contributed by atoms with E-state index in [4.69, 9.17) is 4.74 Å². The summed E-state index contributed by atoms with van der Waals surface area (Å²) >= 11 is 1.33. The van der Waals surface area contributed by atoms with E-state index in [1.807, 2.05) is 29.8 Å². The Morgan fingerprint density at radius 1 is 1.00 bits per heavy atom. The summed E-state index contributed by atoms with van der Waals surface area (Å²) in [5.41, 5.74) is 5.84. The van der Waals surface area contributed by atoms with Gasteiger partial charge < -0.3 is 15.0 Å². The number of carbonyl (C=O) groups excluding carboxylic acids is 2. The first kappa shape index (κ1) is 27.9. The Balaban J connectivity index is 1.04. The molecule has 1 atom stereocenters. The van der Waals surface area contributed by atoms with Crippen molar-refractivity contribution in [3.63, 3.8) is 0 Å². The molecule has 0 bridgehead atoms. The number of hydrogen-bond donors (Lipinski definition) is 1. The molecule has 2 fully saturated rings. The van der Waals surface area contributed by atoms with Gasteiger partial charge >= 0.3 is 0 Å². The summed E-state index contributed by atoms with van der Waals surface area (Å²) in [5.74, 6) is -0.255. The highest BCUT2D eigenvalue weighted by Crippen LogP contribution is 2.37. The molecule has 11 heteroatoms. The molecule has 1 saturated heterocycles. The quantitative estimate of drug-likeness (QED) is 0.313. The number of hydrogen-bond acceptors (Lipinski definition) is 8. The SMILES string of the molecule is O=C(Nc1nc(-c2cccc(-c3ccnc(C4CCC4)c3)c2)cs1)[C@@H]1CCN1C(=O)c1ccc2c(c1)S(=O)(=O)CCOC2. The highest BCUT2D eigenvalue weighted by Gasteiger charge is 2.39. The number of ether oxygens (including phenoxy) is 1. The van der Waals surface area contributed by atoms with Crippen LogP contribution in [0, 0.1) is 0 Å². The van der Waals surface area contributed by atoms with E-state index in [9.17, 15) is 18.0 Å². The van der Waals surface area contributed by atoms with Gasteiger partial charge in [0.05, 0.1) is 29.6 Å². The minimum Gasteiger partial charge on any atom is -0.376 e.